The predicted molar refractivity (Wildman–Crippen MR) is 74.2 cm³/mol. The van der Waals surface area contributed by atoms with Gasteiger partial charge in [0.1, 0.15) is 0 Å². The van der Waals surface area contributed by atoms with Crippen LogP contribution in [-0.4, -0.2) is 89.2 Å². The molecule has 0 amide bonds. The topological polar surface area (TPSA) is 49.7 Å². The van der Waals surface area contributed by atoms with E-state index in [9.17, 15) is 88.5 Å². The fourth-order valence-electron chi connectivity index (χ4n) is 2.13. The summed E-state index contributed by atoms with van der Waals surface area (Å²) in [6.07, 6.45) is -7.95. The normalized spacial score (nSPS) is 17.8. The van der Waals surface area contributed by atoms with Crippen LogP contribution in [0.25, 0.3) is 0 Å². The Kier molecular flexibility index (Phi) is 8.72. The lowest BCUT2D eigenvalue weighted by molar-refractivity contribution is -0.473. The zero-order chi connectivity index (χ0) is 29.8. The number of aliphatic hydroxyl groups is 2. The molecule has 0 spiro atoms. The predicted octanol–water partition coefficient (Wildman–Crippen LogP) is 5.39. The average molecular weight is 588 g/mol. The summed E-state index contributed by atoms with van der Waals surface area (Å²) in [6, 6.07) is 0. The number of rotatable bonds is 12. The van der Waals surface area contributed by atoms with Gasteiger partial charge in [0, 0.05) is 0 Å². The molecule has 0 aromatic heterocycles. The number of aliphatic hydroxyl groups excluding tert-OH is 1. The molecule has 0 bridgehead atoms. The first kappa shape index (κ1) is 34.6. The second-order valence-electron chi connectivity index (χ2n) is 7.14. The van der Waals surface area contributed by atoms with E-state index < -0.39 is 85.9 Å². The summed E-state index contributed by atoms with van der Waals surface area (Å²) in [5.41, 5.74) is -4.81. The highest BCUT2D eigenvalue weighted by Gasteiger charge is 2.97. The molecule has 0 aliphatic carbocycles. The first-order valence-corrected chi connectivity index (χ1v) is 8.31. The SMILES string of the molecule is CC(O)(COCCO)C(F)(F)C(F)(F)C(F)(F)C(F)(F)C(F)(F)C(F)(F)C(F)(F)C(F)(F)C(F)(F)F. The summed E-state index contributed by atoms with van der Waals surface area (Å²) in [6.45, 7) is -5.17. The summed E-state index contributed by atoms with van der Waals surface area (Å²) in [4.78, 5) is 0. The number of halogens is 19. The maximum Gasteiger partial charge on any atom is 0.460 e. The smallest absolute Gasteiger partial charge is 0.394 e. The first-order valence-electron chi connectivity index (χ1n) is 8.31. The lowest BCUT2D eigenvalue weighted by Crippen LogP contribution is -2.77. The van der Waals surface area contributed by atoms with Gasteiger partial charge in [0.05, 0.1) is 19.8 Å². The largest absolute Gasteiger partial charge is 0.460 e. The summed E-state index contributed by atoms with van der Waals surface area (Å²) >= 11 is 0. The van der Waals surface area contributed by atoms with Gasteiger partial charge in [-0.2, -0.15) is 83.4 Å². The van der Waals surface area contributed by atoms with Crippen LogP contribution < -0.4 is 0 Å². The van der Waals surface area contributed by atoms with E-state index >= 15 is 0 Å². The van der Waals surface area contributed by atoms with Gasteiger partial charge < -0.3 is 14.9 Å². The molecule has 22 heteroatoms. The number of hydrogen-bond donors (Lipinski definition) is 2. The van der Waals surface area contributed by atoms with Crippen molar-refractivity contribution in [2.24, 2.45) is 0 Å². The van der Waals surface area contributed by atoms with Crippen molar-refractivity contribution < 1.29 is 98.4 Å². The van der Waals surface area contributed by atoms with Crippen molar-refractivity contribution >= 4 is 0 Å². The quantitative estimate of drug-likeness (QED) is 0.238. The fourth-order valence-corrected chi connectivity index (χ4v) is 2.13. The van der Waals surface area contributed by atoms with Crippen molar-refractivity contribution in [1.29, 1.82) is 0 Å². The van der Waals surface area contributed by atoms with Gasteiger partial charge >= 0.3 is 53.6 Å². The van der Waals surface area contributed by atoms with Gasteiger partial charge in [-0.3, -0.25) is 0 Å². The summed E-state index contributed by atoms with van der Waals surface area (Å²) in [5.74, 6) is -68.1. The molecule has 36 heavy (non-hydrogen) atoms. The molecule has 1 unspecified atom stereocenters. The van der Waals surface area contributed by atoms with Gasteiger partial charge in [0.15, 0.2) is 5.60 Å². The lowest BCUT2D eigenvalue weighted by Gasteiger charge is -2.45. The van der Waals surface area contributed by atoms with Crippen LogP contribution in [-0.2, 0) is 4.74 Å². The van der Waals surface area contributed by atoms with E-state index in [1.165, 1.54) is 0 Å². The number of hydrogen-bond acceptors (Lipinski definition) is 3. The standard InChI is InChI=1S/C14H11F19O3/c1-5(35,4-36-3-2-34)6(15,16)7(17,18)8(19,20)9(21,22)10(23,24)11(25,26)12(27,28)13(29,30)14(31,32)33/h34-35H,2-4H2,1H3. The molecular formula is C14H11F19O3. The lowest BCUT2D eigenvalue weighted by atomic mass is 9.83. The minimum atomic E-state index is -9.03. The van der Waals surface area contributed by atoms with Crippen LogP contribution >= 0.6 is 0 Å². The van der Waals surface area contributed by atoms with Crippen LogP contribution in [0.2, 0.25) is 0 Å². The Morgan fingerprint density at radius 1 is 0.472 bits per heavy atom. The van der Waals surface area contributed by atoms with Crippen LogP contribution in [0, 0.1) is 0 Å². The highest BCUT2D eigenvalue weighted by Crippen LogP contribution is 2.65. The minimum Gasteiger partial charge on any atom is -0.394 e. The van der Waals surface area contributed by atoms with Crippen LogP contribution in [0.5, 0.6) is 0 Å². The second kappa shape index (κ2) is 9.09. The van der Waals surface area contributed by atoms with Crippen molar-refractivity contribution in [1.82, 2.24) is 0 Å². The van der Waals surface area contributed by atoms with Gasteiger partial charge in [0.2, 0.25) is 0 Å². The molecule has 0 fully saturated rings. The summed E-state index contributed by atoms with van der Waals surface area (Å²) in [5, 5.41) is 17.5. The third-order valence-corrected chi connectivity index (χ3v) is 4.41. The Balaban J connectivity index is 6.89. The second-order valence-corrected chi connectivity index (χ2v) is 7.14. The molecule has 0 aromatic rings. The molecule has 0 saturated heterocycles. The van der Waals surface area contributed by atoms with Crippen LogP contribution in [0.1, 0.15) is 6.92 Å². The molecule has 0 aliphatic heterocycles. The molecule has 3 nitrogen and oxygen atoms in total. The van der Waals surface area contributed by atoms with E-state index in [1.54, 1.807) is 0 Å². The van der Waals surface area contributed by atoms with Crippen LogP contribution in [0.4, 0.5) is 83.4 Å². The number of alkyl halides is 19. The Labute approximate surface area is 185 Å². The van der Waals surface area contributed by atoms with Crippen LogP contribution in [0.3, 0.4) is 0 Å². The molecule has 0 aromatic carbocycles. The fraction of sp³-hybridized carbons (Fsp3) is 1.00. The molecule has 218 valence electrons. The minimum absolute atomic E-state index is 0.600. The van der Waals surface area contributed by atoms with E-state index in [-0.39, 0.29) is 0 Å². The third-order valence-electron chi connectivity index (χ3n) is 4.41. The Morgan fingerprint density at radius 3 is 0.972 bits per heavy atom. The van der Waals surface area contributed by atoms with E-state index in [0.29, 0.717) is 0 Å². The highest BCUT2D eigenvalue weighted by molar-refractivity contribution is 5.18. The summed E-state index contributed by atoms with van der Waals surface area (Å²) in [7, 11) is 0. The van der Waals surface area contributed by atoms with Gasteiger partial charge in [-0.1, -0.05) is 0 Å². The molecular weight excluding hydrogens is 577 g/mol. The number of ether oxygens (including phenoxy) is 1. The van der Waals surface area contributed by atoms with Crippen LogP contribution in [0.15, 0.2) is 0 Å². The molecule has 1 atom stereocenters. The monoisotopic (exact) mass is 588 g/mol. The maximum absolute atomic E-state index is 13.9. The Morgan fingerprint density at radius 2 is 0.722 bits per heavy atom. The van der Waals surface area contributed by atoms with Crippen molar-refractivity contribution in [3.63, 3.8) is 0 Å². The third kappa shape index (κ3) is 4.43. The van der Waals surface area contributed by atoms with Gasteiger partial charge in [0.25, 0.3) is 0 Å². The molecule has 0 radical (unpaired) electrons. The van der Waals surface area contributed by atoms with Gasteiger partial charge in [-0.15, -0.1) is 0 Å². The van der Waals surface area contributed by atoms with E-state index in [4.69, 9.17) is 5.11 Å². The van der Waals surface area contributed by atoms with Crippen molar-refractivity contribution in [2.45, 2.75) is 66.1 Å². The van der Waals surface area contributed by atoms with Gasteiger partial charge in [-0.05, 0) is 6.92 Å². The van der Waals surface area contributed by atoms with Crippen molar-refractivity contribution in [2.75, 3.05) is 19.8 Å². The molecule has 0 rings (SSSR count). The Bertz CT molecular complexity index is 770. The highest BCUT2D eigenvalue weighted by atomic mass is 19.4. The van der Waals surface area contributed by atoms with Gasteiger partial charge in [-0.25, -0.2) is 0 Å². The first-order chi connectivity index (χ1) is 15.3. The van der Waals surface area contributed by atoms with Crippen molar-refractivity contribution in [3.8, 4) is 0 Å². The molecule has 0 saturated carbocycles. The van der Waals surface area contributed by atoms with E-state index in [0.717, 1.165) is 0 Å². The molecule has 0 aliphatic rings. The molecule has 2 N–H and O–H groups in total. The average Bonchev–Trinajstić information content (AvgIpc) is 2.65. The summed E-state index contributed by atoms with van der Waals surface area (Å²) < 4.78 is 255. The van der Waals surface area contributed by atoms with E-state index in [2.05, 4.69) is 4.74 Å². The maximum atomic E-state index is 13.9. The van der Waals surface area contributed by atoms with Crippen molar-refractivity contribution in [3.05, 3.63) is 0 Å². The zero-order valence-corrected chi connectivity index (χ0v) is 16.6. The zero-order valence-electron chi connectivity index (χ0n) is 16.6. The molecule has 0 heterocycles. The van der Waals surface area contributed by atoms with E-state index in [1.807, 2.05) is 0 Å². The Hall–Kier alpha value is -1.45.